The Bertz CT molecular complexity index is 1180. The fourth-order valence-corrected chi connectivity index (χ4v) is 3.04. The van der Waals surface area contributed by atoms with Gasteiger partial charge in [0.2, 0.25) is 5.82 Å². The van der Waals surface area contributed by atoms with Crippen LogP contribution in [0.3, 0.4) is 0 Å². The van der Waals surface area contributed by atoms with Gasteiger partial charge in [-0.3, -0.25) is 0 Å². The average molecular weight is 394 g/mol. The second-order valence-corrected chi connectivity index (χ2v) is 7.12. The van der Waals surface area contributed by atoms with Crippen molar-refractivity contribution in [2.45, 2.75) is 33.8 Å². The molecule has 4 rings (SSSR count). The van der Waals surface area contributed by atoms with Crippen molar-refractivity contribution in [1.82, 2.24) is 10.1 Å². The molecule has 0 saturated heterocycles. The Kier molecular flexibility index (Phi) is 4.66. The molecular formula is C22H19FN2O4. The van der Waals surface area contributed by atoms with Crippen LogP contribution in [0.4, 0.5) is 4.39 Å². The van der Waals surface area contributed by atoms with Gasteiger partial charge in [-0.25, -0.2) is 9.18 Å². The summed E-state index contributed by atoms with van der Waals surface area (Å²) in [5, 5.41) is 4.88. The molecule has 148 valence electrons. The molecule has 0 spiro atoms. The van der Waals surface area contributed by atoms with Crippen LogP contribution < -0.4 is 0 Å². The minimum absolute atomic E-state index is 0.144. The molecule has 6 nitrogen and oxygen atoms in total. The monoisotopic (exact) mass is 394 g/mol. The van der Waals surface area contributed by atoms with Gasteiger partial charge in [-0.15, -0.1) is 0 Å². The van der Waals surface area contributed by atoms with Gasteiger partial charge in [0.25, 0.3) is 5.89 Å². The smallest absolute Gasteiger partial charge is 0.341 e. The van der Waals surface area contributed by atoms with Crippen LogP contribution in [0.5, 0.6) is 0 Å². The Hall–Kier alpha value is -3.48. The van der Waals surface area contributed by atoms with Gasteiger partial charge in [0.05, 0.1) is 11.7 Å². The van der Waals surface area contributed by atoms with Crippen LogP contribution in [0.15, 0.2) is 45.3 Å². The number of hydrogen-bond donors (Lipinski definition) is 0. The maximum atomic E-state index is 14.4. The van der Waals surface area contributed by atoms with E-state index in [4.69, 9.17) is 13.7 Å². The summed E-state index contributed by atoms with van der Waals surface area (Å²) in [6.45, 7) is 7.36. The first-order chi connectivity index (χ1) is 13.8. The summed E-state index contributed by atoms with van der Waals surface area (Å²) in [7, 11) is 0. The van der Waals surface area contributed by atoms with Crippen molar-refractivity contribution in [1.29, 1.82) is 0 Å². The van der Waals surface area contributed by atoms with Crippen molar-refractivity contribution >= 4 is 16.9 Å². The Labute approximate surface area is 166 Å². The van der Waals surface area contributed by atoms with Gasteiger partial charge in [-0.1, -0.05) is 17.3 Å². The number of hydrogen-bond acceptors (Lipinski definition) is 6. The number of carbonyl (C=O) groups is 1. The van der Waals surface area contributed by atoms with Crippen molar-refractivity contribution in [3.8, 4) is 23.0 Å². The van der Waals surface area contributed by atoms with Crippen LogP contribution in [-0.4, -0.2) is 22.2 Å². The number of benzene rings is 2. The summed E-state index contributed by atoms with van der Waals surface area (Å²) in [6, 6.07) is 9.92. The maximum absolute atomic E-state index is 14.4. The van der Waals surface area contributed by atoms with E-state index in [-0.39, 0.29) is 23.4 Å². The van der Waals surface area contributed by atoms with E-state index in [0.717, 1.165) is 22.1 Å². The van der Waals surface area contributed by atoms with Crippen LogP contribution in [0.25, 0.3) is 34.0 Å². The highest BCUT2D eigenvalue weighted by molar-refractivity contribution is 5.90. The van der Waals surface area contributed by atoms with Crippen molar-refractivity contribution in [2.24, 2.45) is 0 Å². The van der Waals surface area contributed by atoms with Gasteiger partial charge in [0.1, 0.15) is 11.4 Å². The van der Waals surface area contributed by atoms with E-state index in [9.17, 15) is 9.18 Å². The van der Waals surface area contributed by atoms with Crippen LogP contribution in [-0.2, 0) is 4.74 Å². The molecule has 0 atom stereocenters. The Morgan fingerprint density at radius 3 is 2.55 bits per heavy atom. The lowest BCUT2D eigenvalue weighted by molar-refractivity contribution is 0.0372. The van der Waals surface area contributed by atoms with Gasteiger partial charge < -0.3 is 13.7 Å². The zero-order chi connectivity index (χ0) is 20.7. The average Bonchev–Trinajstić information content (AvgIpc) is 3.31. The molecule has 0 bridgehead atoms. The van der Waals surface area contributed by atoms with Gasteiger partial charge >= 0.3 is 5.97 Å². The maximum Gasteiger partial charge on any atom is 0.341 e. The molecule has 4 aromatic rings. The number of nitrogens with zero attached hydrogens (tertiary/aromatic N) is 2. The third-order valence-electron chi connectivity index (χ3n) is 4.53. The van der Waals surface area contributed by atoms with Crippen LogP contribution in [0.1, 0.15) is 35.3 Å². The summed E-state index contributed by atoms with van der Waals surface area (Å²) in [4.78, 5) is 16.2. The molecule has 2 heterocycles. The molecule has 0 saturated carbocycles. The quantitative estimate of drug-likeness (QED) is 0.427. The standard InChI is InChI=1S/C22H19FN2O4/c1-11(2)27-22(26)15-8-7-14(9-17(15)23)20-24-21(29-25-20)18-10-16-12(3)5-6-13(4)19(16)28-18/h5-11H,1-4H3. The molecule has 0 radical (unpaired) electrons. The predicted octanol–water partition coefficient (Wildman–Crippen LogP) is 5.47. The van der Waals surface area contributed by atoms with Gasteiger partial charge in [0.15, 0.2) is 5.76 Å². The number of furan rings is 1. The second-order valence-electron chi connectivity index (χ2n) is 7.12. The topological polar surface area (TPSA) is 78.4 Å². The van der Waals surface area contributed by atoms with Crippen molar-refractivity contribution in [2.75, 3.05) is 0 Å². The largest absolute Gasteiger partial charge is 0.459 e. The van der Waals surface area contributed by atoms with E-state index < -0.39 is 11.8 Å². The first-order valence-corrected chi connectivity index (χ1v) is 9.18. The highest BCUT2D eigenvalue weighted by Gasteiger charge is 2.19. The minimum atomic E-state index is -0.717. The third kappa shape index (κ3) is 3.51. The fourth-order valence-electron chi connectivity index (χ4n) is 3.04. The Morgan fingerprint density at radius 1 is 1.10 bits per heavy atom. The van der Waals surface area contributed by atoms with E-state index in [1.54, 1.807) is 19.9 Å². The molecule has 0 N–H and O–H groups in total. The molecule has 0 aliphatic heterocycles. The molecule has 0 unspecified atom stereocenters. The number of ether oxygens (including phenoxy) is 1. The second kappa shape index (κ2) is 7.16. The molecule has 0 aliphatic rings. The number of esters is 1. The van der Waals surface area contributed by atoms with E-state index >= 15 is 0 Å². The summed E-state index contributed by atoms with van der Waals surface area (Å²) >= 11 is 0. The SMILES string of the molecule is Cc1ccc(C)c2oc(-c3nc(-c4ccc(C(=O)OC(C)C)c(F)c4)no3)cc12. The Morgan fingerprint density at radius 2 is 1.86 bits per heavy atom. The summed E-state index contributed by atoms with van der Waals surface area (Å²) in [5.41, 5.74) is 3.07. The predicted molar refractivity (Wildman–Crippen MR) is 105 cm³/mol. The van der Waals surface area contributed by atoms with Gasteiger partial charge in [0, 0.05) is 10.9 Å². The molecule has 7 heteroatoms. The van der Waals surface area contributed by atoms with E-state index in [1.165, 1.54) is 12.1 Å². The first kappa shape index (κ1) is 18.9. The van der Waals surface area contributed by atoms with Crippen LogP contribution >= 0.6 is 0 Å². The fraction of sp³-hybridized carbons (Fsp3) is 0.227. The number of carbonyl (C=O) groups excluding carboxylic acids is 1. The molecule has 0 fully saturated rings. The van der Waals surface area contributed by atoms with E-state index in [1.807, 2.05) is 32.0 Å². The third-order valence-corrected chi connectivity index (χ3v) is 4.53. The van der Waals surface area contributed by atoms with Crippen LogP contribution in [0, 0.1) is 19.7 Å². The molecule has 0 amide bonds. The lowest BCUT2D eigenvalue weighted by atomic mass is 10.1. The normalized spacial score (nSPS) is 11.4. The molecule has 0 aliphatic carbocycles. The van der Waals surface area contributed by atoms with Gasteiger partial charge in [-0.05, 0) is 63.1 Å². The molecular weight excluding hydrogens is 375 g/mol. The van der Waals surface area contributed by atoms with E-state index in [2.05, 4.69) is 10.1 Å². The van der Waals surface area contributed by atoms with Crippen molar-refractivity contribution < 1.29 is 22.9 Å². The van der Waals surface area contributed by atoms with Crippen LogP contribution in [0.2, 0.25) is 0 Å². The number of aryl methyl sites for hydroxylation is 2. The van der Waals surface area contributed by atoms with E-state index in [0.29, 0.717) is 11.3 Å². The van der Waals surface area contributed by atoms with Crippen molar-refractivity contribution in [3.05, 3.63) is 58.9 Å². The summed E-state index contributed by atoms with van der Waals surface area (Å²) in [5.74, 6) is -0.607. The summed E-state index contributed by atoms with van der Waals surface area (Å²) < 4.78 is 30.6. The van der Waals surface area contributed by atoms with Crippen molar-refractivity contribution in [3.63, 3.8) is 0 Å². The number of aromatic nitrogens is 2. The lowest BCUT2D eigenvalue weighted by Crippen LogP contribution is -2.13. The molecule has 29 heavy (non-hydrogen) atoms. The highest BCUT2D eigenvalue weighted by Crippen LogP contribution is 2.32. The van der Waals surface area contributed by atoms with Gasteiger partial charge in [-0.2, -0.15) is 4.98 Å². The minimum Gasteiger partial charge on any atom is -0.459 e. The molecule has 2 aromatic heterocycles. The summed E-state index contributed by atoms with van der Waals surface area (Å²) in [6.07, 6.45) is -0.336. The zero-order valence-electron chi connectivity index (χ0n) is 16.4. The Balaban J connectivity index is 1.66. The lowest BCUT2D eigenvalue weighted by Gasteiger charge is -2.08. The number of halogens is 1. The first-order valence-electron chi connectivity index (χ1n) is 9.18. The zero-order valence-corrected chi connectivity index (χ0v) is 16.4. The molecule has 2 aromatic carbocycles. The number of rotatable bonds is 4. The highest BCUT2D eigenvalue weighted by atomic mass is 19.1. The number of fused-ring (bicyclic) bond motifs is 1.